The zero-order valence-corrected chi connectivity index (χ0v) is 19.1. The minimum atomic E-state index is 0.121. The molecule has 0 spiro atoms. The maximum absolute atomic E-state index is 4.80. The van der Waals surface area contributed by atoms with Gasteiger partial charge in [-0.05, 0) is 65.5 Å². The van der Waals surface area contributed by atoms with Crippen LogP contribution in [0.5, 0.6) is 0 Å². The van der Waals surface area contributed by atoms with E-state index in [1.165, 1.54) is 39.0 Å². The van der Waals surface area contributed by atoms with Gasteiger partial charge in [0.05, 0.1) is 5.56 Å². The molecular formula is C26H35N2+. The van der Waals surface area contributed by atoms with Crippen molar-refractivity contribution in [1.29, 1.82) is 0 Å². The lowest BCUT2D eigenvalue weighted by Crippen LogP contribution is -2.33. The van der Waals surface area contributed by atoms with E-state index in [-0.39, 0.29) is 10.8 Å². The van der Waals surface area contributed by atoms with Crippen molar-refractivity contribution in [2.75, 3.05) is 0 Å². The molecule has 28 heavy (non-hydrogen) atoms. The Bertz CT molecular complexity index is 1030. The molecular weight excluding hydrogens is 340 g/mol. The Kier molecular flexibility index (Phi) is 5.12. The average molecular weight is 376 g/mol. The van der Waals surface area contributed by atoms with Crippen LogP contribution >= 0.6 is 0 Å². The van der Waals surface area contributed by atoms with Gasteiger partial charge in [0.1, 0.15) is 18.8 Å². The molecule has 148 valence electrons. The summed E-state index contributed by atoms with van der Waals surface area (Å²) in [5.74, 6) is 0. The zero-order valence-electron chi connectivity index (χ0n) is 19.1. The predicted molar refractivity (Wildman–Crippen MR) is 120 cm³/mol. The van der Waals surface area contributed by atoms with Crippen molar-refractivity contribution in [3.8, 4) is 11.3 Å². The molecule has 0 saturated heterocycles. The molecule has 3 rings (SSSR count). The minimum Gasteiger partial charge on any atom is -0.243 e. The fraction of sp³-hybridized carbons (Fsp3) is 0.462. The summed E-state index contributed by atoms with van der Waals surface area (Å²) in [5.41, 5.74) is 10.5. The second-order valence-corrected chi connectivity index (χ2v) is 10.5. The summed E-state index contributed by atoms with van der Waals surface area (Å²) in [6, 6.07) is 11.4. The molecule has 0 radical (unpaired) electrons. The molecule has 2 nitrogen and oxygen atoms in total. The van der Waals surface area contributed by atoms with Gasteiger partial charge in [-0.2, -0.15) is 4.57 Å². The zero-order chi connectivity index (χ0) is 20.9. The third-order valence-electron chi connectivity index (χ3n) is 5.63. The van der Waals surface area contributed by atoms with E-state index in [4.69, 9.17) is 4.98 Å². The van der Waals surface area contributed by atoms with Crippen LogP contribution in [-0.4, -0.2) is 4.98 Å². The number of fused-ring (bicyclic) bond motifs is 1. The van der Waals surface area contributed by atoms with Gasteiger partial charge in [-0.1, -0.05) is 53.7 Å². The van der Waals surface area contributed by atoms with E-state index in [0.717, 1.165) is 11.9 Å². The van der Waals surface area contributed by atoms with Gasteiger partial charge in [-0.25, -0.2) is 4.98 Å². The molecule has 0 N–H and O–H groups in total. The van der Waals surface area contributed by atoms with Gasteiger partial charge >= 0.3 is 0 Å². The monoisotopic (exact) mass is 375 g/mol. The maximum atomic E-state index is 4.80. The predicted octanol–water partition coefficient (Wildman–Crippen LogP) is 6.23. The van der Waals surface area contributed by atoms with Crippen LogP contribution in [0.2, 0.25) is 0 Å². The number of aromatic nitrogens is 2. The Hall–Kier alpha value is -2.22. The first kappa shape index (κ1) is 20.5. The molecule has 0 fully saturated rings. The van der Waals surface area contributed by atoms with E-state index < -0.39 is 0 Å². The first-order valence-electron chi connectivity index (χ1n) is 10.3. The highest BCUT2D eigenvalue weighted by Crippen LogP contribution is 2.31. The normalized spacial score (nSPS) is 12.6. The van der Waals surface area contributed by atoms with Gasteiger partial charge in [0.15, 0.2) is 0 Å². The van der Waals surface area contributed by atoms with E-state index in [1.807, 2.05) is 6.20 Å². The van der Waals surface area contributed by atoms with Crippen molar-refractivity contribution in [2.24, 2.45) is 12.5 Å². The van der Waals surface area contributed by atoms with Gasteiger partial charge in [-0.15, -0.1) is 0 Å². The highest BCUT2D eigenvalue weighted by atomic mass is 15.0. The summed E-state index contributed by atoms with van der Waals surface area (Å²) >= 11 is 0. The van der Waals surface area contributed by atoms with Crippen LogP contribution in [0, 0.1) is 19.3 Å². The van der Waals surface area contributed by atoms with Gasteiger partial charge in [-0.3, -0.25) is 0 Å². The number of hydrogen-bond acceptors (Lipinski definition) is 1. The van der Waals surface area contributed by atoms with E-state index in [2.05, 4.69) is 97.3 Å². The third-order valence-corrected chi connectivity index (χ3v) is 5.63. The largest absolute Gasteiger partial charge is 0.243 e. The van der Waals surface area contributed by atoms with Gasteiger partial charge in [0.25, 0.3) is 0 Å². The molecule has 2 heteroatoms. The molecule has 0 saturated carbocycles. The van der Waals surface area contributed by atoms with Crippen molar-refractivity contribution in [1.82, 2.24) is 4.98 Å². The van der Waals surface area contributed by atoms with Crippen molar-refractivity contribution in [3.63, 3.8) is 0 Å². The van der Waals surface area contributed by atoms with Crippen LogP contribution in [-0.2, 0) is 18.9 Å². The Morgan fingerprint density at radius 1 is 0.929 bits per heavy atom. The summed E-state index contributed by atoms with van der Waals surface area (Å²) < 4.78 is 2.31. The van der Waals surface area contributed by atoms with Crippen LogP contribution in [0.25, 0.3) is 22.3 Å². The summed E-state index contributed by atoms with van der Waals surface area (Å²) in [5, 5.41) is 0. The fourth-order valence-electron chi connectivity index (χ4n) is 3.82. The Labute approximate surface area is 170 Å². The summed E-state index contributed by atoms with van der Waals surface area (Å²) in [4.78, 5) is 4.80. The molecule has 0 bridgehead atoms. The van der Waals surface area contributed by atoms with Crippen LogP contribution in [0.3, 0.4) is 0 Å². The highest BCUT2D eigenvalue weighted by Gasteiger charge is 2.22. The van der Waals surface area contributed by atoms with Crippen molar-refractivity contribution in [2.45, 2.75) is 67.2 Å². The van der Waals surface area contributed by atoms with Crippen LogP contribution < -0.4 is 4.57 Å². The Morgan fingerprint density at radius 2 is 1.61 bits per heavy atom. The fourth-order valence-corrected chi connectivity index (χ4v) is 3.82. The van der Waals surface area contributed by atoms with E-state index >= 15 is 0 Å². The number of benzene rings is 2. The standard InChI is InChI=1S/C26H35N2/c1-17-12-20(26(6,7)8)14-21(18(17)2)24-16-27-22-11-10-19(15-25(3,4)5)13-23(22)28(24)9/h10-14,16H,15H2,1-9H3/q+1. The summed E-state index contributed by atoms with van der Waals surface area (Å²) in [7, 11) is 2.17. The van der Waals surface area contributed by atoms with Crippen molar-refractivity contribution in [3.05, 3.63) is 58.8 Å². The number of aryl methyl sites for hydroxylation is 2. The van der Waals surface area contributed by atoms with Crippen LogP contribution in [0.4, 0.5) is 0 Å². The average Bonchev–Trinajstić information content (AvgIpc) is 2.56. The molecule has 0 amide bonds. The molecule has 3 aromatic rings. The molecule has 0 unspecified atom stereocenters. The molecule has 0 aliphatic heterocycles. The maximum Gasteiger partial charge on any atom is 0.231 e. The minimum absolute atomic E-state index is 0.121. The van der Waals surface area contributed by atoms with Crippen LogP contribution in [0.15, 0.2) is 36.5 Å². The third kappa shape index (κ3) is 4.11. The molecule has 0 aliphatic rings. The lowest BCUT2D eigenvalue weighted by Gasteiger charge is -2.22. The van der Waals surface area contributed by atoms with Crippen molar-refractivity contribution < 1.29 is 4.57 Å². The summed E-state index contributed by atoms with van der Waals surface area (Å²) in [6.45, 7) is 18.1. The molecule has 0 aliphatic carbocycles. The smallest absolute Gasteiger partial charge is 0.231 e. The molecule has 0 atom stereocenters. The second kappa shape index (κ2) is 6.99. The number of rotatable bonds is 2. The quantitative estimate of drug-likeness (QED) is 0.485. The van der Waals surface area contributed by atoms with Crippen molar-refractivity contribution >= 4 is 11.0 Å². The van der Waals surface area contributed by atoms with Crippen LogP contribution in [0.1, 0.15) is 63.8 Å². The van der Waals surface area contributed by atoms with E-state index in [9.17, 15) is 0 Å². The topological polar surface area (TPSA) is 16.8 Å². The summed E-state index contributed by atoms with van der Waals surface area (Å²) in [6.07, 6.45) is 3.09. The van der Waals surface area contributed by atoms with Gasteiger partial charge in [0.2, 0.25) is 11.2 Å². The van der Waals surface area contributed by atoms with Gasteiger partial charge in [0, 0.05) is 6.07 Å². The van der Waals surface area contributed by atoms with Gasteiger partial charge < -0.3 is 0 Å². The SMILES string of the molecule is Cc1cc(C(C)(C)C)cc(-c2cnc3ccc(CC(C)(C)C)cc3[n+]2C)c1C. The Morgan fingerprint density at radius 3 is 2.21 bits per heavy atom. The number of nitrogens with zero attached hydrogens (tertiary/aromatic N) is 2. The molecule has 1 heterocycles. The molecule has 1 aromatic heterocycles. The Balaban J connectivity index is 2.22. The molecule has 2 aromatic carbocycles. The van der Waals surface area contributed by atoms with E-state index in [0.29, 0.717) is 0 Å². The van der Waals surface area contributed by atoms with E-state index in [1.54, 1.807) is 0 Å². The first-order chi connectivity index (χ1) is 12.9. The first-order valence-corrected chi connectivity index (χ1v) is 10.3. The number of hydrogen-bond donors (Lipinski definition) is 0. The second-order valence-electron chi connectivity index (χ2n) is 10.5. The highest BCUT2D eigenvalue weighted by molar-refractivity contribution is 5.74. The lowest BCUT2D eigenvalue weighted by molar-refractivity contribution is -0.634. The lowest BCUT2D eigenvalue weighted by atomic mass is 9.83.